The molecule has 2 aliphatic rings. The van der Waals surface area contributed by atoms with Crippen molar-refractivity contribution in [1.82, 2.24) is 10.6 Å². The lowest BCUT2D eigenvalue weighted by Crippen LogP contribution is -2.43. The summed E-state index contributed by atoms with van der Waals surface area (Å²) in [7, 11) is 0. The van der Waals surface area contributed by atoms with E-state index in [9.17, 15) is 40.3 Å². The standard InChI is InChI=1S/C23H17ClF7N3O3/c1-10-6-11(2-3-13(10)19(35)33-16-4-5-32-20(16)36)17-9-21(37-34-17,23(29,30)31)14-7-12(22(26,27)28)8-15(24)18(14)25/h2-3,6-8,16H,4-5,9H2,1H3,(H,32,36)(H,33,35)/t16-,21+/m0/s1. The Kier molecular flexibility index (Phi) is 6.63. The molecule has 14 heteroatoms. The Labute approximate surface area is 209 Å². The van der Waals surface area contributed by atoms with Crippen LogP contribution < -0.4 is 10.6 Å². The second-order valence-corrected chi connectivity index (χ2v) is 8.99. The highest BCUT2D eigenvalue weighted by molar-refractivity contribution is 6.30. The third-order valence-electron chi connectivity index (χ3n) is 6.13. The monoisotopic (exact) mass is 551 g/mol. The molecule has 2 atom stereocenters. The lowest BCUT2D eigenvalue weighted by Gasteiger charge is -2.30. The Morgan fingerprint density at radius 2 is 1.89 bits per heavy atom. The third kappa shape index (κ3) is 4.83. The SMILES string of the molecule is Cc1cc(C2=NO[C@](c3cc(C(F)(F)F)cc(Cl)c3F)(C(F)(F)F)C2)ccc1C(=O)N[C@H]1CCNC1=O. The molecule has 6 nitrogen and oxygen atoms in total. The minimum atomic E-state index is -5.39. The predicted molar refractivity (Wildman–Crippen MR) is 116 cm³/mol. The molecule has 2 aromatic rings. The molecule has 0 aromatic heterocycles. The van der Waals surface area contributed by atoms with Gasteiger partial charge in [0.15, 0.2) is 0 Å². The quantitative estimate of drug-likeness (QED) is 0.525. The lowest BCUT2D eigenvalue weighted by molar-refractivity contribution is -0.276. The number of alkyl halides is 6. The van der Waals surface area contributed by atoms with Gasteiger partial charge in [-0.2, -0.15) is 26.3 Å². The summed E-state index contributed by atoms with van der Waals surface area (Å²) < 4.78 is 97.1. The van der Waals surface area contributed by atoms with Gasteiger partial charge in [0.25, 0.3) is 11.5 Å². The number of hydrogen-bond acceptors (Lipinski definition) is 4. The normalized spacial score (nSPS) is 21.9. The fourth-order valence-corrected chi connectivity index (χ4v) is 4.37. The Morgan fingerprint density at radius 1 is 1.19 bits per heavy atom. The van der Waals surface area contributed by atoms with Gasteiger partial charge in [-0.15, -0.1) is 0 Å². The van der Waals surface area contributed by atoms with Gasteiger partial charge in [0.05, 0.1) is 22.7 Å². The van der Waals surface area contributed by atoms with Gasteiger partial charge in [-0.25, -0.2) is 4.39 Å². The number of nitrogens with zero attached hydrogens (tertiary/aromatic N) is 1. The van der Waals surface area contributed by atoms with Crippen LogP contribution in [-0.2, 0) is 21.4 Å². The maximum Gasteiger partial charge on any atom is 0.435 e. The van der Waals surface area contributed by atoms with Crippen molar-refractivity contribution in [3.8, 4) is 0 Å². The van der Waals surface area contributed by atoms with Crippen molar-refractivity contribution < 1.29 is 45.2 Å². The molecule has 0 bridgehead atoms. The first-order valence-corrected chi connectivity index (χ1v) is 11.1. The van der Waals surface area contributed by atoms with Crippen molar-refractivity contribution in [3.05, 3.63) is 69.0 Å². The molecule has 0 radical (unpaired) electrons. The number of benzene rings is 2. The van der Waals surface area contributed by atoms with Crippen molar-refractivity contribution in [3.63, 3.8) is 0 Å². The van der Waals surface area contributed by atoms with Crippen LogP contribution in [0.25, 0.3) is 0 Å². The summed E-state index contributed by atoms with van der Waals surface area (Å²) in [6, 6.07) is 3.36. The second-order valence-electron chi connectivity index (χ2n) is 8.58. The molecule has 2 heterocycles. The van der Waals surface area contributed by atoms with Crippen molar-refractivity contribution in [2.75, 3.05) is 6.54 Å². The predicted octanol–water partition coefficient (Wildman–Crippen LogP) is 5.01. The first-order valence-electron chi connectivity index (χ1n) is 10.7. The molecule has 1 fully saturated rings. The highest BCUT2D eigenvalue weighted by atomic mass is 35.5. The largest absolute Gasteiger partial charge is 0.435 e. The van der Waals surface area contributed by atoms with Gasteiger partial charge in [0.2, 0.25) is 5.91 Å². The second kappa shape index (κ2) is 9.19. The molecule has 2 aliphatic heterocycles. The van der Waals surface area contributed by atoms with Crippen LogP contribution >= 0.6 is 11.6 Å². The van der Waals surface area contributed by atoms with Crippen molar-refractivity contribution in [2.45, 2.75) is 43.8 Å². The van der Waals surface area contributed by atoms with Crippen LogP contribution in [0.1, 0.15) is 45.5 Å². The first kappa shape index (κ1) is 26.7. The van der Waals surface area contributed by atoms with E-state index in [1.807, 2.05) is 0 Å². The molecule has 198 valence electrons. The Bertz CT molecular complexity index is 1310. The van der Waals surface area contributed by atoms with Gasteiger partial charge in [-0.05, 0) is 48.7 Å². The van der Waals surface area contributed by atoms with Gasteiger partial charge < -0.3 is 15.5 Å². The van der Waals surface area contributed by atoms with E-state index in [1.165, 1.54) is 25.1 Å². The van der Waals surface area contributed by atoms with E-state index in [4.69, 9.17) is 11.6 Å². The molecular formula is C23H17ClF7N3O3. The molecule has 2 aromatic carbocycles. The molecule has 4 rings (SSSR count). The van der Waals surface area contributed by atoms with E-state index in [-0.39, 0.29) is 34.9 Å². The van der Waals surface area contributed by atoms with Crippen LogP contribution in [0.3, 0.4) is 0 Å². The third-order valence-corrected chi connectivity index (χ3v) is 6.41. The number of rotatable bonds is 4. The van der Waals surface area contributed by atoms with Gasteiger partial charge >= 0.3 is 12.4 Å². The molecule has 37 heavy (non-hydrogen) atoms. The van der Waals surface area contributed by atoms with E-state index in [0.29, 0.717) is 18.5 Å². The van der Waals surface area contributed by atoms with Gasteiger partial charge in [0.1, 0.15) is 11.9 Å². The Morgan fingerprint density at radius 3 is 2.46 bits per heavy atom. The molecular weight excluding hydrogens is 535 g/mol. The average Bonchev–Trinajstić information content (AvgIpc) is 3.42. The molecule has 0 aliphatic carbocycles. The Hall–Kier alpha value is -3.35. The number of carbonyl (C=O) groups excluding carboxylic acids is 2. The number of aryl methyl sites for hydroxylation is 1. The van der Waals surface area contributed by atoms with E-state index in [1.54, 1.807) is 0 Å². The average molecular weight is 552 g/mol. The summed E-state index contributed by atoms with van der Waals surface area (Å²) in [5, 5.41) is 7.39. The zero-order valence-corrected chi connectivity index (χ0v) is 19.5. The smallest absolute Gasteiger partial charge is 0.374 e. The van der Waals surface area contributed by atoms with Crippen molar-refractivity contribution >= 4 is 29.1 Å². The van der Waals surface area contributed by atoms with Crippen molar-refractivity contribution in [1.29, 1.82) is 0 Å². The zero-order chi connectivity index (χ0) is 27.3. The van der Waals surface area contributed by atoms with Crippen LogP contribution in [-0.4, -0.2) is 36.3 Å². The minimum Gasteiger partial charge on any atom is -0.374 e. The molecule has 2 amide bonds. The lowest BCUT2D eigenvalue weighted by atomic mass is 9.85. The molecule has 0 spiro atoms. The first-order chi connectivity index (χ1) is 17.1. The fraction of sp³-hybridized carbons (Fsp3) is 0.348. The van der Waals surface area contributed by atoms with Crippen LogP contribution in [0.15, 0.2) is 35.5 Å². The number of carbonyl (C=O) groups is 2. The number of hydrogen-bond donors (Lipinski definition) is 2. The number of amides is 2. The summed E-state index contributed by atoms with van der Waals surface area (Å²) in [5.41, 5.74) is -6.43. The topological polar surface area (TPSA) is 79.8 Å². The summed E-state index contributed by atoms with van der Waals surface area (Å²) in [6.45, 7) is 1.90. The number of nitrogens with one attached hydrogen (secondary N) is 2. The van der Waals surface area contributed by atoms with Gasteiger partial charge in [-0.3, -0.25) is 9.59 Å². The van der Waals surface area contributed by atoms with Crippen LogP contribution in [0.5, 0.6) is 0 Å². The molecule has 0 saturated carbocycles. The summed E-state index contributed by atoms with van der Waals surface area (Å²) >= 11 is 5.51. The van der Waals surface area contributed by atoms with Crippen LogP contribution in [0.4, 0.5) is 30.7 Å². The van der Waals surface area contributed by atoms with E-state index in [2.05, 4.69) is 20.6 Å². The summed E-state index contributed by atoms with van der Waals surface area (Å²) in [6.07, 6.45) is -11.2. The molecule has 2 N–H and O–H groups in total. The molecule has 0 unspecified atom stereocenters. The summed E-state index contributed by atoms with van der Waals surface area (Å²) in [4.78, 5) is 28.9. The van der Waals surface area contributed by atoms with Crippen molar-refractivity contribution in [2.24, 2.45) is 5.16 Å². The number of halogens is 8. The van der Waals surface area contributed by atoms with E-state index >= 15 is 0 Å². The van der Waals surface area contributed by atoms with E-state index < -0.39 is 58.3 Å². The summed E-state index contributed by atoms with van der Waals surface area (Å²) in [5.74, 6) is -2.64. The van der Waals surface area contributed by atoms with E-state index in [0.717, 1.165) is 0 Å². The van der Waals surface area contributed by atoms with Crippen LogP contribution in [0, 0.1) is 12.7 Å². The maximum atomic E-state index is 14.7. The van der Waals surface area contributed by atoms with Crippen LogP contribution in [0.2, 0.25) is 5.02 Å². The Balaban J connectivity index is 1.66. The zero-order valence-electron chi connectivity index (χ0n) is 18.8. The maximum absolute atomic E-state index is 14.7. The van der Waals surface area contributed by atoms with Gasteiger partial charge in [0, 0.05) is 17.7 Å². The number of oxime groups is 1. The highest BCUT2D eigenvalue weighted by Crippen LogP contribution is 2.51. The molecule has 1 saturated heterocycles. The fourth-order valence-electron chi connectivity index (χ4n) is 4.15. The van der Waals surface area contributed by atoms with Gasteiger partial charge in [-0.1, -0.05) is 22.8 Å². The highest BCUT2D eigenvalue weighted by Gasteiger charge is 2.64. The minimum absolute atomic E-state index is 0.00498.